The Morgan fingerprint density at radius 1 is 1.13 bits per heavy atom. The van der Waals surface area contributed by atoms with E-state index in [1.165, 1.54) is 36.0 Å². The first kappa shape index (κ1) is 22.8. The molecule has 3 rings (SSSR count). The number of nitrogens with one attached hydrogen (secondary N) is 1. The molecule has 0 radical (unpaired) electrons. The van der Waals surface area contributed by atoms with E-state index in [4.69, 9.17) is 0 Å². The molecule has 0 aliphatic carbocycles. The maximum Gasteiger partial charge on any atom is 0.234 e. The summed E-state index contributed by atoms with van der Waals surface area (Å²) in [6.45, 7) is 2.30. The van der Waals surface area contributed by atoms with Crippen LogP contribution in [0.5, 0.6) is 0 Å². The average molecular weight is 464 g/mol. The number of aromatic nitrogens is 3. The molecule has 3 aromatic rings. The molecular weight excluding hydrogens is 441 g/mol. The van der Waals surface area contributed by atoms with Gasteiger partial charge in [-0.05, 0) is 43.3 Å². The van der Waals surface area contributed by atoms with Gasteiger partial charge in [0.25, 0.3) is 0 Å². The number of thioether (sulfide) groups is 1. The smallest absolute Gasteiger partial charge is 0.234 e. The quantitative estimate of drug-likeness (QED) is 0.490. The highest BCUT2D eigenvalue weighted by Crippen LogP contribution is 2.23. The average Bonchev–Trinajstić information content (AvgIpc) is 3.13. The molecule has 0 atom stereocenters. The van der Waals surface area contributed by atoms with E-state index < -0.39 is 15.8 Å². The highest BCUT2D eigenvalue weighted by Gasteiger charge is 2.22. The molecule has 0 saturated heterocycles. The van der Waals surface area contributed by atoms with E-state index in [1.54, 1.807) is 16.7 Å². The van der Waals surface area contributed by atoms with Crippen molar-refractivity contribution in [3.63, 3.8) is 0 Å². The number of sulfonamides is 1. The minimum Gasteiger partial charge on any atom is -0.325 e. The summed E-state index contributed by atoms with van der Waals surface area (Å²) in [7, 11) is -3.65. The van der Waals surface area contributed by atoms with Crippen LogP contribution in [0.1, 0.15) is 12.7 Å². The van der Waals surface area contributed by atoms with Gasteiger partial charge in [-0.15, -0.1) is 10.2 Å². The monoisotopic (exact) mass is 463 g/mol. The van der Waals surface area contributed by atoms with Crippen LogP contribution in [-0.4, -0.2) is 41.1 Å². The Balaban J connectivity index is 1.73. The van der Waals surface area contributed by atoms with E-state index in [-0.39, 0.29) is 18.2 Å². The molecule has 0 bridgehead atoms. The van der Waals surface area contributed by atoms with E-state index in [2.05, 4.69) is 15.5 Å². The third kappa shape index (κ3) is 6.05. The zero-order valence-corrected chi connectivity index (χ0v) is 18.7. The molecule has 2 aromatic carbocycles. The van der Waals surface area contributed by atoms with Gasteiger partial charge in [0.05, 0.1) is 24.2 Å². The van der Waals surface area contributed by atoms with E-state index in [9.17, 15) is 17.6 Å². The second kappa shape index (κ2) is 9.92. The molecule has 0 unspecified atom stereocenters. The van der Waals surface area contributed by atoms with Crippen molar-refractivity contribution < 1.29 is 17.6 Å². The minimum absolute atomic E-state index is 0.0674. The molecule has 0 fully saturated rings. The largest absolute Gasteiger partial charge is 0.325 e. The third-order valence-corrected chi connectivity index (χ3v) is 6.41. The molecule has 0 spiro atoms. The number of amides is 1. The van der Waals surface area contributed by atoms with Crippen molar-refractivity contribution in [1.29, 1.82) is 0 Å². The van der Waals surface area contributed by atoms with Crippen LogP contribution in [0, 0.1) is 5.82 Å². The van der Waals surface area contributed by atoms with Crippen LogP contribution in [0.15, 0.2) is 59.8 Å². The molecule has 0 aliphatic rings. The summed E-state index contributed by atoms with van der Waals surface area (Å²) in [5.41, 5.74) is 1.03. The van der Waals surface area contributed by atoms with Crippen molar-refractivity contribution in [1.82, 2.24) is 14.8 Å². The second-order valence-electron chi connectivity index (χ2n) is 6.59. The predicted molar refractivity (Wildman–Crippen MR) is 119 cm³/mol. The summed E-state index contributed by atoms with van der Waals surface area (Å²) in [5, 5.41) is 11.6. The SMILES string of the molecule is CCn1c(CN(c2ccc(F)cc2)S(C)(=O)=O)nnc1SCC(=O)Nc1ccccc1. The number of carbonyl (C=O) groups excluding carboxylic acids is 1. The van der Waals surface area contributed by atoms with Gasteiger partial charge in [0, 0.05) is 12.2 Å². The summed E-state index contributed by atoms with van der Waals surface area (Å²) >= 11 is 1.21. The highest BCUT2D eigenvalue weighted by atomic mass is 32.2. The Bertz CT molecular complexity index is 1140. The molecule has 31 heavy (non-hydrogen) atoms. The zero-order valence-electron chi connectivity index (χ0n) is 17.0. The number of nitrogens with zero attached hydrogens (tertiary/aromatic N) is 4. The number of hydrogen-bond acceptors (Lipinski definition) is 6. The maximum atomic E-state index is 13.3. The minimum atomic E-state index is -3.65. The number of rotatable bonds is 9. The molecule has 8 nitrogen and oxygen atoms in total. The van der Waals surface area contributed by atoms with Crippen LogP contribution in [-0.2, 0) is 27.9 Å². The molecule has 1 heterocycles. The topological polar surface area (TPSA) is 97.2 Å². The lowest BCUT2D eigenvalue weighted by molar-refractivity contribution is -0.113. The van der Waals surface area contributed by atoms with Crippen molar-refractivity contribution >= 4 is 39.1 Å². The van der Waals surface area contributed by atoms with Crippen molar-refractivity contribution in [2.75, 3.05) is 21.6 Å². The fourth-order valence-corrected chi connectivity index (χ4v) is 4.52. The molecule has 1 N–H and O–H groups in total. The van der Waals surface area contributed by atoms with Gasteiger partial charge >= 0.3 is 0 Å². The highest BCUT2D eigenvalue weighted by molar-refractivity contribution is 7.99. The Hall–Kier alpha value is -2.92. The van der Waals surface area contributed by atoms with Gasteiger partial charge in [0.15, 0.2) is 11.0 Å². The number of hydrogen-bond donors (Lipinski definition) is 1. The third-order valence-electron chi connectivity index (χ3n) is 4.30. The summed E-state index contributed by atoms with van der Waals surface area (Å²) < 4.78 is 40.8. The number of benzene rings is 2. The summed E-state index contributed by atoms with van der Waals surface area (Å²) in [5.74, 6) is -0.0991. The number of anilines is 2. The lowest BCUT2D eigenvalue weighted by Crippen LogP contribution is -2.30. The van der Waals surface area contributed by atoms with Gasteiger partial charge in [-0.1, -0.05) is 30.0 Å². The van der Waals surface area contributed by atoms with Gasteiger partial charge in [0.2, 0.25) is 15.9 Å². The van der Waals surface area contributed by atoms with Crippen molar-refractivity contribution in [2.24, 2.45) is 0 Å². The van der Waals surface area contributed by atoms with Crippen molar-refractivity contribution in [2.45, 2.75) is 25.2 Å². The zero-order chi connectivity index (χ0) is 22.4. The van der Waals surface area contributed by atoms with Crippen molar-refractivity contribution in [3.8, 4) is 0 Å². The summed E-state index contributed by atoms with van der Waals surface area (Å²) in [6, 6.07) is 14.3. The first-order valence-corrected chi connectivity index (χ1v) is 12.2. The van der Waals surface area contributed by atoms with E-state index in [1.807, 2.05) is 25.1 Å². The standard InChI is InChI=1S/C20H22FN5O3S2/c1-3-25-18(13-26(31(2,28)29)17-11-9-15(21)10-12-17)23-24-20(25)30-14-19(27)22-16-7-5-4-6-8-16/h4-12H,3,13-14H2,1-2H3,(H,22,27). The van der Waals surface area contributed by atoms with Crippen LogP contribution in [0.25, 0.3) is 0 Å². The Kier molecular flexibility index (Phi) is 7.29. The lowest BCUT2D eigenvalue weighted by atomic mass is 10.3. The van der Waals surface area contributed by atoms with Gasteiger partial charge in [-0.25, -0.2) is 12.8 Å². The number of carbonyl (C=O) groups is 1. The fourth-order valence-electron chi connectivity index (χ4n) is 2.84. The molecule has 1 aromatic heterocycles. The van der Waals surface area contributed by atoms with Crippen LogP contribution >= 0.6 is 11.8 Å². The van der Waals surface area contributed by atoms with Gasteiger partial charge < -0.3 is 9.88 Å². The number of halogens is 1. The van der Waals surface area contributed by atoms with E-state index >= 15 is 0 Å². The molecule has 11 heteroatoms. The number of para-hydroxylation sites is 1. The Morgan fingerprint density at radius 2 is 1.81 bits per heavy atom. The van der Waals surface area contributed by atoms with Crippen LogP contribution in [0.4, 0.5) is 15.8 Å². The van der Waals surface area contributed by atoms with Crippen LogP contribution in [0.3, 0.4) is 0 Å². The van der Waals surface area contributed by atoms with E-state index in [0.29, 0.717) is 28.9 Å². The first-order valence-electron chi connectivity index (χ1n) is 9.41. The fraction of sp³-hybridized carbons (Fsp3) is 0.250. The van der Waals surface area contributed by atoms with Crippen LogP contribution in [0.2, 0.25) is 0 Å². The summed E-state index contributed by atoms with van der Waals surface area (Å²) in [4.78, 5) is 12.2. The van der Waals surface area contributed by atoms with Gasteiger partial charge in [-0.3, -0.25) is 9.10 Å². The van der Waals surface area contributed by atoms with Gasteiger partial charge in [0.1, 0.15) is 5.82 Å². The van der Waals surface area contributed by atoms with Crippen LogP contribution < -0.4 is 9.62 Å². The second-order valence-corrected chi connectivity index (χ2v) is 9.44. The lowest BCUT2D eigenvalue weighted by Gasteiger charge is -2.22. The molecule has 0 saturated carbocycles. The molecule has 0 aliphatic heterocycles. The molecular formula is C20H22FN5O3S2. The van der Waals surface area contributed by atoms with E-state index in [0.717, 1.165) is 10.6 Å². The predicted octanol–water partition coefficient (Wildman–Crippen LogP) is 3.13. The molecule has 164 valence electrons. The normalized spacial score (nSPS) is 11.3. The Labute approximate surface area is 184 Å². The Morgan fingerprint density at radius 3 is 2.42 bits per heavy atom. The first-order chi connectivity index (χ1) is 14.8. The molecule has 1 amide bonds. The van der Waals surface area contributed by atoms with Gasteiger partial charge in [-0.2, -0.15) is 0 Å². The maximum absolute atomic E-state index is 13.3. The van der Waals surface area contributed by atoms with Crippen molar-refractivity contribution in [3.05, 3.63) is 66.2 Å². The summed E-state index contributed by atoms with van der Waals surface area (Å²) in [6.07, 6.45) is 1.08.